The maximum absolute atomic E-state index is 6.06. The van der Waals surface area contributed by atoms with E-state index < -0.39 is 0 Å². The van der Waals surface area contributed by atoms with Crippen LogP contribution in [0.4, 0.5) is 0 Å². The van der Waals surface area contributed by atoms with Crippen LogP contribution >= 0.6 is 23.2 Å². The fourth-order valence-corrected chi connectivity index (χ4v) is 2.54. The van der Waals surface area contributed by atoms with E-state index in [0.717, 1.165) is 24.8 Å². The van der Waals surface area contributed by atoms with Crippen LogP contribution in [0.5, 0.6) is 0 Å². The molecule has 0 radical (unpaired) electrons. The predicted molar refractivity (Wildman–Crippen MR) is 64.0 cm³/mol. The Kier molecular flexibility index (Phi) is 3.67. The average molecular weight is 261 g/mol. The van der Waals surface area contributed by atoms with Crippen LogP contribution in [-0.2, 0) is 11.2 Å². The number of ether oxygens (including phenoxy) is 1. The van der Waals surface area contributed by atoms with Gasteiger partial charge in [0.05, 0.1) is 6.10 Å². The first kappa shape index (κ1) is 12.1. The van der Waals surface area contributed by atoms with Crippen LogP contribution in [0.1, 0.15) is 44.2 Å². The fraction of sp³-hybridized carbons (Fsp3) is 0.636. The van der Waals surface area contributed by atoms with E-state index in [4.69, 9.17) is 27.9 Å². The second-order valence-electron chi connectivity index (χ2n) is 4.01. The normalized spacial score (nSPS) is 25.0. The minimum absolute atomic E-state index is 0.0593. The molecule has 2 rings (SSSR count). The van der Waals surface area contributed by atoms with Gasteiger partial charge in [-0.15, -0.1) is 0 Å². The van der Waals surface area contributed by atoms with E-state index in [2.05, 4.69) is 9.97 Å². The Hall–Kier alpha value is -0.380. The van der Waals surface area contributed by atoms with E-state index >= 15 is 0 Å². The summed E-state index contributed by atoms with van der Waals surface area (Å²) in [6.07, 6.45) is 2.89. The number of aromatic nitrogens is 2. The molecule has 1 aliphatic rings. The van der Waals surface area contributed by atoms with Crippen molar-refractivity contribution in [3.8, 4) is 0 Å². The van der Waals surface area contributed by atoms with Crippen LogP contribution in [0, 0.1) is 0 Å². The van der Waals surface area contributed by atoms with Gasteiger partial charge in [0, 0.05) is 5.56 Å². The molecule has 2 atom stereocenters. The van der Waals surface area contributed by atoms with Crippen molar-refractivity contribution in [1.82, 2.24) is 9.97 Å². The van der Waals surface area contributed by atoms with Crippen LogP contribution in [-0.4, -0.2) is 16.1 Å². The van der Waals surface area contributed by atoms with Crippen LogP contribution in [0.25, 0.3) is 0 Å². The Labute approximate surface area is 105 Å². The van der Waals surface area contributed by atoms with Crippen LogP contribution < -0.4 is 0 Å². The molecule has 3 nitrogen and oxygen atoms in total. The summed E-state index contributed by atoms with van der Waals surface area (Å²) >= 11 is 12.1. The van der Waals surface area contributed by atoms with Gasteiger partial charge in [-0.25, -0.2) is 9.97 Å². The molecule has 1 aromatic rings. The lowest BCUT2D eigenvalue weighted by Crippen LogP contribution is -2.07. The van der Waals surface area contributed by atoms with Gasteiger partial charge in [0.15, 0.2) is 5.82 Å². The third-order valence-electron chi connectivity index (χ3n) is 2.80. The molecule has 2 unspecified atom stereocenters. The number of hydrogen-bond acceptors (Lipinski definition) is 3. The molecule has 0 spiro atoms. The van der Waals surface area contributed by atoms with E-state index in [1.165, 1.54) is 0 Å². The molecular formula is C11H14Cl2N2O. The largest absolute Gasteiger partial charge is 0.367 e. The summed E-state index contributed by atoms with van der Waals surface area (Å²) in [5, 5.41) is 0.890. The highest BCUT2D eigenvalue weighted by Crippen LogP contribution is 2.32. The van der Waals surface area contributed by atoms with E-state index in [9.17, 15) is 0 Å². The second-order valence-corrected chi connectivity index (χ2v) is 4.72. The maximum atomic E-state index is 6.06. The monoisotopic (exact) mass is 260 g/mol. The second kappa shape index (κ2) is 4.86. The summed E-state index contributed by atoms with van der Waals surface area (Å²) in [6.45, 7) is 4.02. The Bertz CT molecular complexity index is 375. The molecule has 0 N–H and O–H groups in total. The van der Waals surface area contributed by atoms with Crippen molar-refractivity contribution in [1.29, 1.82) is 0 Å². The molecule has 16 heavy (non-hydrogen) atoms. The molecule has 0 amide bonds. The van der Waals surface area contributed by atoms with E-state index in [0.29, 0.717) is 16.1 Å². The van der Waals surface area contributed by atoms with Crippen LogP contribution in [0.3, 0.4) is 0 Å². The zero-order valence-electron chi connectivity index (χ0n) is 9.33. The lowest BCUT2D eigenvalue weighted by atomic mass is 10.2. The topological polar surface area (TPSA) is 35.0 Å². The number of hydrogen-bond donors (Lipinski definition) is 0. The number of nitrogens with zero attached hydrogens (tertiary/aromatic N) is 2. The van der Waals surface area contributed by atoms with Crippen molar-refractivity contribution >= 4 is 23.2 Å². The fourth-order valence-electron chi connectivity index (χ4n) is 1.87. The minimum atomic E-state index is -0.0593. The van der Waals surface area contributed by atoms with Gasteiger partial charge in [-0.05, 0) is 26.2 Å². The number of halogens is 2. The lowest BCUT2D eigenvalue weighted by molar-refractivity contribution is 0.0503. The average Bonchev–Trinajstić information content (AvgIpc) is 2.64. The highest BCUT2D eigenvalue weighted by atomic mass is 35.5. The first-order chi connectivity index (χ1) is 7.61. The van der Waals surface area contributed by atoms with Crippen molar-refractivity contribution in [2.45, 2.75) is 45.3 Å². The first-order valence-corrected chi connectivity index (χ1v) is 6.24. The highest BCUT2D eigenvalue weighted by molar-refractivity contribution is 6.34. The summed E-state index contributed by atoms with van der Waals surface area (Å²) in [7, 11) is 0. The Morgan fingerprint density at radius 2 is 1.88 bits per heavy atom. The smallest absolute Gasteiger partial charge is 0.160 e. The van der Waals surface area contributed by atoms with E-state index in [1.807, 2.05) is 13.8 Å². The van der Waals surface area contributed by atoms with Gasteiger partial charge in [0.25, 0.3) is 0 Å². The zero-order valence-corrected chi connectivity index (χ0v) is 10.8. The van der Waals surface area contributed by atoms with Crippen LogP contribution in [0.15, 0.2) is 0 Å². The molecule has 1 fully saturated rings. The van der Waals surface area contributed by atoms with E-state index in [-0.39, 0.29) is 12.2 Å². The Morgan fingerprint density at radius 1 is 1.25 bits per heavy atom. The molecule has 0 aliphatic carbocycles. The number of rotatable bonds is 2. The van der Waals surface area contributed by atoms with Crippen molar-refractivity contribution in [3.05, 3.63) is 21.7 Å². The Balaban J connectivity index is 2.29. The van der Waals surface area contributed by atoms with Gasteiger partial charge >= 0.3 is 0 Å². The molecule has 5 heteroatoms. The van der Waals surface area contributed by atoms with Gasteiger partial charge in [0.2, 0.25) is 0 Å². The quantitative estimate of drug-likeness (QED) is 0.763. The van der Waals surface area contributed by atoms with Gasteiger partial charge in [-0.3, -0.25) is 0 Å². The molecule has 1 aliphatic heterocycles. The molecule has 0 bridgehead atoms. The van der Waals surface area contributed by atoms with Crippen molar-refractivity contribution in [3.63, 3.8) is 0 Å². The SMILES string of the molecule is CCc1c(Cl)nc(C2CCC(C)O2)nc1Cl. The molecular weight excluding hydrogens is 247 g/mol. The highest BCUT2D eigenvalue weighted by Gasteiger charge is 2.26. The summed E-state index contributed by atoms with van der Waals surface area (Å²) in [6, 6.07) is 0. The van der Waals surface area contributed by atoms with Crippen molar-refractivity contribution in [2.75, 3.05) is 0 Å². The third-order valence-corrected chi connectivity index (χ3v) is 3.42. The molecule has 2 heterocycles. The lowest BCUT2D eigenvalue weighted by Gasteiger charge is -2.12. The summed E-state index contributed by atoms with van der Waals surface area (Å²) < 4.78 is 5.69. The molecule has 1 aromatic heterocycles. The zero-order chi connectivity index (χ0) is 11.7. The summed E-state index contributed by atoms with van der Waals surface area (Å²) in [5.41, 5.74) is 0.804. The van der Waals surface area contributed by atoms with Crippen molar-refractivity contribution < 1.29 is 4.74 Å². The van der Waals surface area contributed by atoms with E-state index in [1.54, 1.807) is 0 Å². The van der Waals surface area contributed by atoms with Gasteiger partial charge < -0.3 is 4.74 Å². The standard InChI is InChI=1S/C11H14Cl2N2O/c1-3-7-9(12)14-11(15-10(7)13)8-5-4-6(2)16-8/h6,8H,3-5H2,1-2H3. The minimum Gasteiger partial charge on any atom is -0.367 e. The Morgan fingerprint density at radius 3 is 2.31 bits per heavy atom. The van der Waals surface area contributed by atoms with Gasteiger partial charge in [-0.2, -0.15) is 0 Å². The third kappa shape index (κ3) is 2.31. The maximum Gasteiger partial charge on any atom is 0.160 e. The van der Waals surface area contributed by atoms with Gasteiger partial charge in [-0.1, -0.05) is 30.1 Å². The molecule has 0 saturated carbocycles. The molecule has 0 aromatic carbocycles. The summed E-state index contributed by atoms with van der Waals surface area (Å²) in [4.78, 5) is 8.53. The van der Waals surface area contributed by atoms with Crippen molar-refractivity contribution in [2.24, 2.45) is 0 Å². The van der Waals surface area contributed by atoms with Crippen LogP contribution in [0.2, 0.25) is 10.3 Å². The first-order valence-electron chi connectivity index (χ1n) is 5.49. The molecule has 88 valence electrons. The van der Waals surface area contributed by atoms with Gasteiger partial charge in [0.1, 0.15) is 16.4 Å². The summed E-state index contributed by atoms with van der Waals surface area (Å²) in [5.74, 6) is 0.608. The molecule has 1 saturated heterocycles. The predicted octanol–water partition coefficient (Wildman–Crippen LogP) is 3.59.